The van der Waals surface area contributed by atoms with Crippen LogP contribution >= 0.6 is 0 Å². The number of esters is 1. The van der Waals surface area contributed by atoms with Gasteiger partial charge in [-0.3, -0.25) is 0 Å². The lowest BCUT2D eigenvalue weighted by Crippen LogP contribution is -2.32. The second kappa shape index (κ2) is 7.12. The molecule has 0 aromatic carbocycles. The Morgan fingerprint density at radius 2 is 2.00 bits per heavy atom. The summed E-state index contributed by atoms with van der Waals surface area (Å²) in [6.07, 6.45) is -2.77. The largest absolute Gasteiger partial charge is 0.461 e. The Kier molecular flexibility index (Phi) is 5.79. The maximum atomic E-state index is 12.9. The normalized spacial score (nSPS) is 11.0. The molecule has 112 valence electrons. The molecule has 1 rings (SSSR count). The summed E-state index contributed by atoms with van der Waals surface area (Å²) in [4.78, 5) is 21.3. The highest BCUT2D eigenvalue weighted by Gasteiger charge is 2.21. The number of anilines is 1. The minimum atomic E-state index is -2.77. The molecule has 0 saturated heterocycles. The van der Waals surface area contributed by atoms with Gasteiger partial charge in [0.15, 0.2) is 5.69 Å². The van der Waals surface area contributed by atoms with Crippen LogP contribution in [0.25, 0.3) is 0 Å². The quantitative estimate of drug-likeness (QED) is 0.753. The summed E-state index contributed by atoms with van der Waals surface area (Å²) in [7, 11) is 0. The minimum absolute atomic E-state index is 0.0305. The minimum Gasteiger partial charge on any atom is -0.461 e. The molecule has 5 nitrogen and oxygen atoms in total. The third kappa shape index (κ3) is 3.85. The van der Waals surface area contributed by atoms with Gasteiger partial charge in [-0.05, 0) is 33.8 Å². The molecule has 0 fully saturated rings. The number of rotatable bonds is 6. The highest BCUT2D eigenvalue weighted by molar-refractivity contribution is 5.87. The summed E-state index contributed by atoms with van der Waals surface area (Å²) in [5.74, 6) is -0.610. The molecule has 1 heterocycles. The van der Waals surface area contributed by atoms with E-state index in [0.717, 1.165) is 6.07 Å². The zero-order chi connectivity index (χ0) is 15.3. The summed E-state index contributed by atoms with van der Waals surface area (Å²) in [6, 6.07) is 1.00. The molecule has 0 aliphatic carbocycles. The molecule has 0 aliphatic heterocycles. The Morgan fingerprint density at radius 1 is 1.35 bits per heavy atom. The molecule has 0 atom stereocenters. The van der Waals surface area contributed by atoms with Gasteiger partial charge in [0.25, 0.3) is 6.43 Å². The van der Waals surface area contributed by atoms with E-state index in [1.54, 1.807) is 11.8 Å². The lowest BCUT2D eigenvalue weighted by Gasteiger charge is -2.25. The van der Waals surface area contributed by atoms with Gasteiger partial charge in [-0.1, -0.05) is 0 Å². The van der Waals surface area contributed by atoms with Crippen LogP contribution in [0.15, 0.2) is 6.07 Å². The molecule has 7 heteroatoms. The van der Waals surface area contributed by atoms with Gasteiger partial charge in [0, 0.05) is 12.6 Å². The van der Waals surface area contributed by atoms with Crippen LogP contribution in [0.1, 0.15) is 50.3 Å². The molecule has 20 heavy (non-hydrogen) atoms. The Labute approximate surface area is 117 Å². The summed E-state index contributed by atoms with van der Waals surface area (Å²) < 4.78 is 30.6. The fourth-order valence-corrected chi connectivity index (χ4v) is 1.74. The van der Waals surface area contributed by atoms with E-state index in [0.29, 0.717) is 6.54 Å². The van der Waals surface area contributed by atoms with Crippen LogP contribution in [0.2, 0.25) is 0 Å². The van der Waals surface area contributed by atoms with Gasteiger partial charge in [0.1, 0.15) is 5.69 Å². The number of aromatic nitrogens is 2. The zero-order valence-electron chi connectivity index (χ0n) is 12.1. The van der Waals surface area contributed by atoms with Crippen molar-refractivity contribution in [1.29, 1.82) is 0 Å². The first-order chi connectivity index (χ1) is 9.40. The fraction of sp³-hybridized carbons (Fsp3) is 0.615. The van der Waals surface area contributed by atoms with Gasteiger partial charge in [0.2, 0.25) is 5.95 Å². The smallest absolute Gasteiger partial charge is 0.357 e. The average Bonchev–Trinajstić information content (AvgIpc) is 2.39. The Morgan fingerprint density at radius 3 is 2.45 bits per heavy atom. The van der Waals surface area contributed by atoms with Crippen LogP contribution in [0.5, 0.6) is 0 Å². The van der Waals surface area contributed by atoms with Crippen LogP contribution in [-0.2, 0) is 4.74 Å². The zero-order valence-corrected chi connectivity index (χ0v) is 12.1. The van der Waals surface area contributed by atoms with E-state index in [4.69, 9.17) is 4.74 Å². The number of hydrogen-bond acceptors (Lipinski definition) is 5. The number of halogens is 2. The molecule has 1 aromatic rings. The summed E-state index contributed by atoms with van der Waals surface area (Å²) in [6.45, 7) is 8.00. The number of nitrogens with zero attached hydrogens (tertiary/aromatic N) is 3. The second-order valence-electron chi connectivity index (χ2n) is 4.38. The van der Waals surface area contributed by atoms with Crippen LogP contribution < -0.4 is 4.90 Å². The molecular formula is C13H19F2N3O2. The highest BCUT2D eigenvalue weighted by Crippen LogP contribution is 2.21. The number of hydrogen-bond donors (Lipinski definition) is 0. The lowest BCUT2D eigenvalue weighted by atomic mass is 10.3. The van der Waals surface area contributed by atoms with Gasteiger partial charge in [-0.15, -0.1) is 0 Å². The molecule has 0 amide bonds. The summed E-state index contributed by atoms with van der Waals surface area (Å²) >= 11 is 0. The average molecular weight is 287 g/mol. The van der Waals surface area contributed by atoms with E-state index < -0.39 is 18.1 Å². The van der Waals surface area contributed by atoms with Crippen molar-refractivity contribution < 1.29 is 18.3 Å². The molecular weight excluding hydrogens is 268 g/mol. The third-order valence-electron chi connectivity index (χ3n) is 2.66. The first kappa shape index (κ1) is 16.3. The predicted molar refractivity (Wildman–Crippen MR) is 71.1 cm³/mol. The maximum absolute atomic E-state index is 12.9. The van der Waals surface area contributed by atoms with Crippen molar-refractivity contribution in [2.75, 3.05) is 18.1 Å². The van der Waals surface area contributed by atoms with Gasteiger partial charge < -0.3 is 9.64 Å². The molecule has 0 radical (unpaired) electrons. The van der Waals surface area contributed by atoms with Crippen LogP contribution in [0.4, 0.5) is 14.7 Å². The van der Waals surface area contributed by atoms with E-state index in [-0.39, 0.29) is 24.3 Å². The van der Waals surface area contributed by atoms with E-state index >= 15 is 0 Å². The Hall–Kier alpha value is -1.79. The van der Waals surface area contributed by atoms with Crippen LogP contribution in [-0.4, -0.2) is 35.1 Å². The maximum Gasteiger partial charge on any atom is 0.357 e. The van der Waals surface area contributed by atoms with Crippen molar-refractivity contribution >= 4 is 11.9 Å². The summed E-state index contributed by atoms with van der Waals surface area (Å²) in [5, 5.41) is 0. The van der Waals surface area contributed by atoms with E-state index in [9.17, 15) is 13.6 Å². The number of carbonyl (C=O) groups excluding carboxylic acids is 1. The molecule has 0 aliphatic rings. The van der Waals surface area contributed by atoms with E-state index in [2.05, 4.69) is 9.97 Å². The molecule has 0 bridgehead atoms. The second-order valence-corrected chi connectivity index (χ2v) is 4.38. The SMILES string of the molecule is CCOC(=O)c1cc(C(F)F)nc(N(CC)C(C)C)n1. The third-order valence-corrected chi connectivity index (χ3v) is 2.66. The molecule has 0 spiro atoms. The van der Waals surface area contributed by atoms with Crippen molar-refractivity contribution in [3.05, 3.63) is 17.5 Å². The monoisotopic (exact) mass is 287 g/mol. The van der Waals surface area contributed by atoms with E-state index in [1.807, 2.05) is 20.8 Å². The lowest BCUT2D eigenvalue weighted by molar-refractivity contribution is 0.0518. The molecule has 0 unspecified atom stereocenters. The van der Waals surface area contributed by atoms with Crippen molar-refractivity contribution in [2.45, 2.75) is 40.2 Å². The topological polar surface area (TPSA) is 55.3 Å². The highest BCUT2D eigenvalue weighted by atomic mass is 19.3. The predicted octanol–water partition coefficient (Wildman–Crippen LogP) is 2.83. The van der Waals surface area contributed by atoms with Crippen LogP contribution in [0.3, 0.4) is 0 Å². The Bertz CT molecular complexity index is 467. The standard InChI is InChI=1S/C13H19F2N3O2/c1-5-18(8(3)4)13-16-9(11(14)15)7-10(17-13)12(19)20-6-2/h7-8,11H,5-6H2,1-4H3. The Balaban J connectivity index is 3.26. The molecule has 0 N–H and O–H groups in total. The number of alkyl halides is 2. The number of carbonyl (C=O) groups is 1. The van der Waals surface area contributed by atoms with Crippen molar-refractivity contribution in [1.82, 2.24) is 9.97 Å². The van der Waals surface area contributed by atoms with Crippen molar-refractivity contribution in [3.63, 3.8) is 0 Å². The van der Waals surface area contributed by atoms with Crippen LogP contribution in [0, 0.1) is 0 Å². The first-order valence-electron chi connectivity index (χ1n) is 6.51. The van der Waals surface area contributed by atoms with Gasteiger partial charge in [0.05, 0.1) is 6.61 Å². The van der Waals surface area contributed by atoms with E-state index in [1.165, 1.54) is 0 Å². The number of ether oxygens (including phenoxy) is 1. The van der Waals surface area contributed by atoms with Gasteiger partial charge in [-0.2, -0.15) is 0 Å². The molecule has 0 saturated carbocycles. The summed E-state index contributed by atoms with van der Waals surface area (Å²) in [5.41, 5.74) is -0.622. The molecule has 1 aromatic heterocycles. The van der Waals surface area contributed by atoms with Gasteiger partial charge in [-0.25, -0.2) is 23.5 Å². The van der Waals surface area contributed by atoms with Crippen molar-refractivity contribution in [3.8, 4) is 0 Å². The fourth-order valence-electron chi connectivity index (χ4n) is 1.74. The van der Waals surface area contributed by atoms with Gasteiger partial charge >= 0.3 is 5.97 Å². The first-order valence-corrected chi connectivity index (χ1v) is 6.51. The van der Waals surface area contributed by atoms with Crippen molar-refractivity contribution in [2.24, 2.45) is 0 Å².